The van der Waals surface area contributed by atoms with Gasteiger partial charge in [0.05, 0.1) is 22.9 Å². The summed E-state index contributed by atoms with van der Waals surface area (Å²) in [6, 6.07) is 11.6. The molecule has 0 fully saturated rings. The van der Waals surface area contributed by atoms with Crippen molar-refractivity contribution in [3.8, 4) is 0 Å². The Kier molecular flexibility index (Phi) is 2.19. The Morgan fingerprint density at radius 1 is 1.12 bits per heavy atom. The Morgan fingerprint density at radius 2 is 2.00 bits per heavy atom. The van der Waals surface area contributed by atoms with Crippen LogP contribution in [0.25, 0.3) is 21.8 Å². The molecule has 0 bridgehead atoms. The molecule has 3 aromatic rings. The summed E-state index contributed by atoms with van der Waals surface area (Å²) in [6.45, 7) is 0. The van der Waals surface area contributed by atoms with Gasteiger partial charge in [-0.15, -0.1) is 0 Å². The van der Waals surface area contributed by atoms with Gasteiger partial charge in [-0.1, -0.05) is 17.3 Å². The van der Waals surface area contributed by atoms with Gasteiger partial charge in [0.25, 0.3) is 0 Å². The minimum Gasteiger partial charge on any atom is -0.411 e. The van der Waals surface area contributed by atoms with E-state index in [2.05, 4.69) is 15.1 Å². The summed E-state index contributed by atoms with van der Waals surface area (Å²) >= 11 is 0. The lowest BCUT2D eigenvalue weighted by Gasteiger charge is -2.02. The standard InChI is InChI=1S/C13H9N3O/c17-15-8-10-5-3-9-4-6-12-11(13(9)16-10)2-1-7-14-12/h1-8,17H. The fourth-order valence-corrected chi connectivity index (χ4v) is 1.89. The van der Waals surface area contributed by atoms with E-state index in [0.29, 0.717) is 5.69 Å². The summed E-state index contributed by atoms with van der Waals surface area (Å²) in [5.41, 5.74) is 2.40. The van der Waals surface area contributed by atoms with Crippen molar-refractivity contribution in [1.82, 2.24) is 9.97 Å². The number of nitrogens with zero attached hydrogens (tertiary/aromatic N) is 3. The number of oxime groups is 1. The van der Waals surface area contributed by atoms with Crippen LogP contribution in [-0.4, -0.2) is 21.4 Å². The predicted octanol–water partition coefficient (Wildman–Crippen LogP) is 2.59. The highest BCUT2D eigenvalue weighted by Gasteiger charge is 2.02. The molecule has 0 saturated heterocycles. The fraction of sp³-hybridized carbons (Fsp3) is 0. The molecule has 2 aromatic heterocycles. The van der Waals surface area contributed by atoms with Gasteiger partial charge in [-0.25, -0.2) is 4.98 Å². The first-order chi connectivity index (χ1) is 8.38. The second-order valence-electron chi connectivity index (χ2n) is 3.69. The normalized spacial score (nSPS) is 11.5. The molecule has 4 nitrogen and oxygen atoms in total. The highest BCUT2D eigenvalue weighted by molar-refractivity contribution is 6.04. The van der Waals surface area contributed by atoms with E-state index in [4.69, 9.17) is 5.21 Å². The summed E-state index contributed by atoms with van der Waals surface area (Å²) < 4.78 is 0. The lowest BCUT2D eigenvalue weighted by atomic mass is 10.1. The van der Waals surface area contributed by atoms with Crippen molar-refractivity contribution in [2.75, 3.05) is 0 Å². The van der Waals surface area contributed by atoms with Gasteiger partial charge in [0.1, 0.15) is 0 Å². The number of pyridine rings is 2. The van der Waals surface area contributed by atoms with Gasteiger partial charge in [-0.3, -0.25) is 4.98 Å². The Morgan fingerprint density at radius 3 is 2.88 bits per heavy atom. The molecule has 4 heteroatoms. The zero-order valence-corrected chi connectivity index (χ0v) is 8.91. The van der Waals surface area contributed by atoms with Gasteiger partial charge in [-0.05, 0) is 24.3 Å². The second-order valence-corrected chi connectivity index (χ2v) is 3.69. The van der Waals surface area contributed by atoms with Crippen molar-refractivity contribution in [2.45, 2.75) is 0 Å². The molecule has 1 aromatic carbocycles. The van der Waals surface area contributed by atoms with Gasteiger partial charge in [0.15, 0.2) is 0 Å². The van der Waals surface area contributed by atoms with Crippen LogP contribution in [0, 0.1) is 0 Å². The van der Waals surface area contributed by atoms with Gasteiger partial charge in [-0.2, -0.15) is 0 Å². The van der Waals surface area contributed by atoms with Crippen molar-refractivity contribution < 1.29 is 5.21 Å². The predicted molar refractivity (Wildman–Crippen MR) is 66.4 cm³/mol. The number of benzene rings is 1. The average Bonchev–Trinajstić information content (AvgIpc) is 2.39. The molecular formula is C13H9N3O. The number of rotatable bonds is 1. The molecule has 0 saturated carbocycles. The van der Waals surface area contributed by atoms with Crippen LogP contribution in [0.5, 0.6) is 0 Å². The quantitative estimate of drug-likeness (QED) is 0.298. The van der Waals surface area contributed by atoms with Crippen molar-refractivity contribution in [3.05, 3.63) is 48.3 Å². The molecule has 0 amide bonds. The SMILES string of the molecule is ON=Cc1ccc2ccc3ncccc3c2n1. The molecule has 0 spiro atoms. The third-order valence-electron chi connectivity index (χ3n) is 2.65. The maximum Gasteiger partial charge on any atom is 0.0918 e. The van der Waals surface area contributed by atoms with Crippen LogP contribution in [0.2, 0.25) is 0 Å². The molecule has 1 N–H and O–H groups in total. The molecule has 3 rings (SSSR count). The van der Waals surface area contributed by atoms with Crippen LogP contribution in [0.4, 0.5) is 0 Å². The minimum atomic E-state index is 0.622. The first kappa shape index (κ1) is 9.72. The second kappa shape index (κ2) is 3.83. The van der Waals surface area contributed by atoms with E-state index in [1.807, 2.05) is 36.4 Å². The summed E-state index contributed by atoms with van der Waals surface area (Å²) in [5.74, 6) is 0. The highest BCUT2D eigenvalue weighted by Crippen LogP contribution is 2.22. The van der Waals surface area contributed by atoms with Crippen LogP contribution >= 0.6 is 0 Å². The number of aromatic nitrogens is 2. The maximum absolute atomic E-state index is 8.52. The largest absolute Gasteiger partial charge is 0.411 e. The van der Waals surface area contributed by atoms with E-state index in [1.54, 1.807) is 6.20 Å². The summed E-state index contributed by atoms with van der Waals surface area (Å²) in [7, 11) is 0. The zero-order valence-electron chi connectivity index (χ0n) is 8.91. The van der Waals surface area contributed by atoms with Gasteiger partial charge in [0.2, 0.25) is 0 Å². The Balaban J connectivity index is 2.42. The van der Waals surface area contributed by atoms with E-state index in [0.717, 1.165) is 21.8 Å². The summed E-state index contributed by atoms with van der Waals surface area (Å²) in [4.78, 5) is 8.73. The summed E-state index contributed by atoms with van der Waals surface area (Å²) in [5, 5.41) is 13.6. The molecule has 0 atom stereocenters. The molecule has 0 unspecified atom stereocenters. The number of hydrogen-bond acceptors (Lipinski definition) is 4. The lowest BCUT2D eigenvalue weighted by Crippen LogP contribution is -1.90. The van der Waals surface area contributed by atoms with Gasteiger partial charge < -0.3 is 5.21 Å². The molecule has 2 heterocycles. The van der Waals surface area contributed by atoms with E-state index < -0.39 is 0 Å². The molecule has 0 aliphatic carbocycles. The van der Waals surface area contributed by atoms with E-state index in [-0.39, 0.29) is 0 Å². The molecular weight excluding hydrogens is 214 g/mol. The van der Waals surface area contributed by atoms with Crippen LogP contribution in [-0.2, 0) is 0 Å². The first-order valence-corrected chi connectivity index (χ1v) is 5.20. The third-order valence-corrected chi connectivity index (χ3v) is 2.65. The fourth-order valence-electron chi connectivity index (χ4n) is 1.89. The van der Waals surface area contributed by atoms with Crippen molar-refractivity contribution in [1.29, 1.82) is 0 Å². The first-order valence-electron chi connectivity index (χ1n) is 5.20. The average molecular weight is 223 g/mol. The molecule has 0 aliphatic heterocycles. The third kappa shape index (κ3) is 1.59. The molecule has 0 radical (unpaired) electrons. The Bertz CT molecular complexity index is 722. The topological polar surface area (TPSA) is 58.4 Å². The van der Waals surface area contributed by atoms with Gasteiger partial charge in [0, 0.05) is 17.0 Å². The molecule has 17 heavy (non-hydrogen) atoms. The van der Waals surface area contributed by atoms with E-state index in [1.165, 1.54) is 6.21 Å². The van der Waals surface area contributed by atoms with Crippen LogP contribution in [0.1, 0.15) is 5.69 Å². The maximum atomic E-state index is 8.52. The summed E-state index contributed by atoms with van der Waals surface area (Å²) in [6.07, 6.45) is 3.07. The number of fused-ring (bicyclic) bond motifs is 3. The van der Waals surface area contributed by atoms with Crippen molar-refractivity contribution in [2.24, 2.45) is 5.16 Å². The highest BCUT2D eigenvalue weighted by atomic mass is 16.4. The van der Waals surface area contributed by atoms with Crippen molar-refractivity contribution in [3.63, 3.8) is 0 Å². The molecule has 0 aliphatic rings. The lowest BCUT2D eigenvalue weighted by molar-refractivity contribution is 0.321. The van der Waals surface area contributed by atoms with E-state index >= 15 is 0 Å². The molecule has 82 valence electrons. The monoisotopic (exact) mass is 223 g/mol. The smallest absolute Gasteiger partial charge is 0.0918 e. The zero-order chi connectivity index (χ0) is 11.7. The van der Waals surface area contributed by atoms with Crippen LogP contribution in [0.3, 0.4) is 0 Å². The van der Waals surface area contributed by atoms with E-state index in [9.17, 15) is 0 Å². The minimum absolute atomic E-state index is 0.622. The van der Waals surface area contributed by atoms with Crippen LogP contribution in [0.15, 0.2) is 47.8 Å². The number of hydrogen-bond donors (Lipinski definition) is 1. The Labute approximate surface area is 97.2 Å². The van der Waals surface area contributed by atoms with Crippen molar-refractivity contribution >= 4 is 28.0 Å². The van der Waals surface area contributed by atoms with Crippen LogP contribution < -0.4 is 0 Å². The van der Waals surface area contributed by atoms with Gasteiger partial charge >= 0.3 is 0 Å². The Hall–Kier alpha value is -2.49.